The summed E-state index contributed by atoms with van der Waals surface area (Å²) in [7, 11) is 2.15. The third-order valence-corrected chi connectivity index (χ3v) is 6.27. The summed E-state index contributed by atoms with van der Waals surface area (Å²) in [5.74, 6) is 1.93. The zero-order chi connectivity index (χ0) is 20.0. The first-order chi connectivity index (χ1) is 14.1. The number of hydrogen-bond donors (Lipinski definition) is 1. The fourth-order valence-electron chi connectivity index (χ4n) is 4.72. The molecule has 3 aliphatic heterocycles. The average molecular weight is 393 g/mol. The number of benzene rings is 2. The van der Waals surface area contributed by atoms with Crippen molar-refractivity contribution in [3.8, 4) is 17.2 Å². The lowest BCUT2D eigenvalue weighted by molar-refractivity contribution is -0.148. The van der Waals surface area contributed by atoms with Gasteiger partial charge in [0.1, 0.15) is 5.75 Å². The zero-order valence-electron chi connectivity index (χ0n) is 17.0. The molecular formula is C23H27N3O3. The Balaban J connectivity index is 1.61. The summed E-state index contributed by atoms with van der Waals surface area (Å²) >= 11 is 0. The molecule has 0 aliphatic carbocycles. The maximum Gasteiger partial charge on any atom is 0.200 e. The molecule has 0 bridgehead atoms. The number of piperidine rings is 1. The maximum absolute atomic E-state index is 10.4. The van der Waals surface area contributed by atoms with E-state index in [0.717, 1.165) is 60.7 Å². The number of likely N-dealkylation sites (tertiary alicyclic amines) is 1. The van der Waals surface area contributed by atoms with Crippen molar-refractivity contribution in [3.05, 3.63) is 53.6 Å². The minimum absolute atomic E-state index is 0.0807. The van der Waals surface area contributed by atoms with Gasteiger partial charge in [-0.05, 0) is 32.2 Å². The van der Waals surface area contributed by atoms with Crippen LogP contribution in [0.2, 0.25) is 0 Å². The Bertz CT molecular complexity index is 950. The Hall–Kier alpha value is -2.73. The summed E-state index contributed by atoms with van der Waals surface area (Å²) < 4.78 is 12.6. The second-order valence-electron chi connectivity index (χ2n) is 8.09. The van der Waals surface area contributed by atoms with Crippen molar-refractivity contribution in [3.63, 3.8) is 0 Å². The molecule has 152 valence electrons. The number of phenols is 1. The van der Waals surface area contributed by atoms with Crippen LogP contribution in [0.5, 0.6) is 17.2 Å². The Morgan fingerprint density at radius 1 is 1.17 bits per heavy atom. The van der Waals surface area contributed by atoms with Gasteiger partial charge < -0.3 is 19.5 Å². The molecule has 29 heavy (non-hydrogen) atoms. The van der Waals surface area contributed by atoms with Gasteiger partial charge in [-0.3, -0.25) is 0 Å². The van der Waals surface area contributed by atoms with Gasteiger partial charge >= 0.3 is 0 Å². The van der Waals surface area contributed by atoms with Crippen LogP contribution >= 0.6 is 0 Å². The Kier molecular flexibility index (Phi) is 4.39. The number of rotatable bonds is 3. The van der Waals surface area contributed by atoms with Crippen LogP contribution in [0.1, 0.15) is 43.4 Å². The third-order valence-electron chi connectivity index (χ3n) is 6.27. The zero-order valence-corrected chi connectivity index (χ0v) is 17.0. The van der Waals surface area contributed by atoms with Crippen LogP contribution in [0.25, 0.3) is 0 Å². The van der Waals surface area contributed by atoms with E-state index in [9.17, 15) is 5.11 Å². The van der Waals surface area contributed by atoms with Crippen molar-refractivity contribution >= 4 is 5.71 Å². The number of para-hydroxylation sites is 2. The molecule has 0 unspecified atom stereocenters. The average Bonchev–Trinajstić information content (AvgIpc) is 3.18. The molecule has 1 fully saturated rings. The fourth-order valence-corrected chi connectivity index (χ4v) is 4.72. The first kappa shape index (κ1) is 18.3. The van der Waals surface area contributed by atoms with Gasteiger partial charge in [-0.25, -0.2) is 5.01 Å². The molecule has 1 N–H and O–H groups in total. The first-order valence-corrected chi connectivity index (χ1v) is 10.4. The van der Waals surface area contributed by atoms with Gasteiger partial charge in [-0.1, -0.05) is 24.3 Å². The Morgan fingerprint density at radius 3 is 2.72 bits per heavy atom. The van der Waals surface area contributed by atoms with Crippen molar-refractivity contribution in [2.24, 2.45) is 5.10 Å². The van der Waals surface area contributed by atoms with Gasteiger partial charge in [0.25, 0.3) is 0 Å². The Labute approximate surface area is 171 Å². The third kappa shape index (κ3) is 2.94. The van der Waals surface area contributed by atoms with E-state index >= 15 is 0 Å². The molecule has 2 aromatic carbocycles. The fraction of sp³-hybridized carbons (Fsp3) is 0.435. The molecule has 3 aliphatic rings. The molecular weight excluding hydrogens is 366 g/mol. The quantitative estimate of drug-likeness (QED) is 0.861. The van der Waals surface area contributed by atoms with E-state index < -0.39 is 5.72 Å². The molecule has 0 radical (unpaired) electrons. The highest BCUT2D eigenvalue weighted by atomic mass is 16.6. The smallest absolute Gasteiger partial charge is 0.200 e. The summed E-state index contributed by atoms with van der Waals surface area (Å²) in [5, 5.41) is 17.6. The summed E-state index contributed by atoms with van der Waals surface area (Å²) in [6.07, 6.45) is 2.48. The van der Waals surface area contributed by atoms with E-state index in [0.29, 0.717) is 6.61 Å². The minimum Gasteiger partial charge on any atom is -0.507 e. The lowest BCUT2D eigenvalue weighted by Gasteiger charge is -2.51. The van der Waals surface area contributed by atoms with E-state index in [1.54, 1.807) is 6.07 Å². The number of fused-ring (bicyclic) bond motifs is 4. The molecule has 0 amide bonds. The van der Waals surface area contributed by atoms with Crippen LogP contribution in [-0.2, 0) is 0 Å². The lowest BCUT2D eigenvalue weighted by atomic mass is 9.90. The van der Waals surface area contributed by atoms with Crippen LogP contribution in [0.3, 0.4) is 0 Å². The molecule has 1 spiro atoms. The van der Waals surface area contributed by atoms with Crippen molar-refractivity contribution in [2.75, 3.05) is 26.7 Å². The number of phenolic OH excluding ortho intramolecular Hbond substituents is 1. The van der Waals surface area contributed by atoms with Crippen LogP contribution in [0.15, 0.2) is 47.6 Å². The van der Waals surface area contributed by atoms with Gasteiger partial charge in [0.2, 0.25) is 5.72 Å². The highest BCUT2D eigenvalue weighted by Gasteiger charge is 2.52. The van der Waals surface area contributed by atoms with E-state index in [1.807, 2.05) is 37.3 Å². The van der Waals surface area contributed by atoms with Crippen molar-refractivity contribution in [2.45, 2.75) is 38.0 Å². The number of nitrogens with zero attached hydrogens (tertiary/aromatic N) is 3. The second kappa shape index (κ2) is 6.95. The summed E-state index contributed by atoms with van der Waals surface area (Å²) in [5.41, 5.74) is 2.33. The molecule has 0 saturated carbocycles. The molecule has 3 heterocycles. The van der Waals surface area contributed by atoms with Crippen LogP contribution < -0.4 is 9.47 Å². The SMILES string of the molecule is CCOc1cccc2c1OC1(CCN(C)CC1)N1N=C(c3ccccc3O)C[C@@H]21. The largest absolute Gasteiger partial charge is 0.507 e. The summed E-state index contributed by atoms with van der Waals surface area (Å²) in [4.78, 5) is 2.33. The van der Waals surface area contributed by atoms with Crippen molar-refractivity contribution < 1.29 is 14.6 Å². The molecule has 6 nitrogen and oxygen atoms in total. The van der Waals surface area contributed by atoms with Crippen molar-refractivity contribution in [1.82, 2.24) is 9.91 Å². The van der Waals surface area contributed by atoms with Gasteiger partial charge in [0.05, 0.1) is 18.4 Å². The summed E-state index contributed by atoms with van der Waals surface area (Å²) in [6, 6.07) is 13.6. The van der Waals surface area contributed by atoms with Gasteiger partial charge in [0, 0.05) is 43.5 Å². The van der Waals surface area contributed by atoms with Gasteiger partial charge in [-0.2, -0.15) is 5.10 Å². The van der Waals surface area contributed by atoms with Crippen LogP contribution in [0, 0.1) is 0 Å². The highest BCUT2D eigenvalue weighted by molar-refractivity contribution is 6.04. The molecule has 6 heteroatoms. The maximum atomic E-state index is 10.4. The predicted octanol–water partition coefficient (Wildman–Crippen LogP) is 3.76. The van der Waals surface area contributed by atoms with E-state index in [1.165, 1.54) is 0 Å². The van der Waals surface area contributed by atoms with Crippen LogP contribution in [-0.4, -0.2) is 53.2 Å². The number of aromatic hydroxyl groups is 1. The number of hydrogen-bond acceptors (Lipinski definition) is 6. The second-order valence-corrected chi connectivity index (χ2v) is 8.09. The van der Waals surface area contributed by atoms with Crippen LogP contribution in [0.4, 0.5) is 0 Å². The minimum atomic E-state index is -0.483. The molecule has 0 aromatic heterocycles. The molecule has 5 rings (SSSR count). The number of ether oxygens (including phenoxy) is 2. The topological polar surface area (TPSA) is 57.5 Å². The van der Waals surface area contributed by atoms with E-state index in [4.69, 9.17) is 14.6 Å². The predicted molar refractivity (Wildman–Crippen MR) is 112 cm³/mol. The number of hydrazone groups is 1. The summed E-state index contributed by atoms with van der Waals surface area (Å²) in [6.45, 7) is 4.51. The lowest BCUT2D eigenvalue weighted by Crippen LogP contribution is -2.58. The highest BCUT2D eigenvalue weighted by Crippen LogP contribution is 2.52. The molecule has 1 saturated heterocycles. The molecule has 2 aromatic rings. The van der Waals surface area contributed by atoms with E-state index in [2.05, 4.69) is 23.0 Å². The Morgan fingerprint density at radius 2 is 1.97 bits per heavy atom. The van der Waals surface area contributed by atoms with E-state index in [-0.39, 0.29) is 11.8 Å². The normalized spacial score (nSPS) is 22.6. The monoisotopic (exact) mass is 393 g/mol. The van der Waals surface area contributed by atoms with Crippen molar-refractivity contribution in [1.29, 1.82) is 0 Å². The van der Waals surface area contributed by atoms with Gasteiger partial charge in [0.15, 0.2) is 11.5 Å². The van der Waals surface area contributed by atoms with Gasteiger partial charge in [-0.15, -0.1) is 0 Å². The molecule has 1 atom stereocenters. The first-order valence-electron chi connectivity index (χ1n) is 10.4. The standard InChI is InChI=1S/C23H27N3O3/c1-3-28-21-10-6-8-17-19-15-18(16-7-4-5-9-20(16)27)24-26(19)23(29-22(17)21)11-13-25(2)14-12-23/h4-10,19,27H,3,11-15H2,1-2H3/t19-/m0/s1.